The molecule has 0 atom stereocenters. The Hall–Kier alpha value is -2.19. The summed E-state index contributed by atoms with van der Waals surface area (Å²) in [6, 6.07) is 7.37. The topological polar surface area (TPSA) is 101 Å². The van der Waals surface area contributed by atoms with Crippen LogP contribution in [0.15, 0.2) is 35.2 Å². The molecule has 24 heavy (non-hydrogen) atoms. The molecule has 1 aromatic heterocycles. The van der Waals surface area contributed by atoms with E-state index in [1.165, 1.54) is 24.3 Å². The Morgan fingerprint density at radius 1 is 1.17 bits per heavy atom. The Labute approximate surface area is 145 Å². The van der Waals surface area contributed by atoms with Crippen LogP contribution in [0.4, 0.5) is 11.5 Å². The van der Waals surface area contributed by atoms with Crippen molar-refractivity contribution in [3.8, 4) is 0 Å². The van der Waals surface area contributed by atoms with Gasteiger partial charge >= 0.3 is 0 Å². The van der Waals surface area contributed by atoms with E-state index < -0.39 is 10.0 Å². The Kier molecular flexibility index (Phi) is 5.74. The van der Waals surface area contributed by atoms with Gasteiger partial charge in [-0.25, -0.2) is 18.4 Å². The van der Waals surface area contributed by atoms with E-state index in [0.717, 1.165) is 0 Å². The van der Waals surface area contributed by atoms with Gasteiger partial charge in [-0.05, 0) is 38.1 Å². The molecule has 0 fully saturated rings. The van der Waals surface area contributed by atoms with Crippen molar-refractivity contribution in [3.63, 3.8) is 0 Å². The van der Waals surface area contributed by atoms with Crippen LogP contribution < -0.4 is 10.0 Å². The highest BCUT2D eigenvalue weighted by Gasteiger charge is 2.15. The Morgan fingerprint density at radius 3 is 2.42 bits per heavy atom. The summed E-state index contributed by atoms with van der Waals surface area (Å²) in [4.78, 5) is 19.7. The number of aryl methyl sites for hydroxylation is 2. The fraction of sp³-hybridized carbons (Fsp3) is 0.267. The van der Waals surface area contributed by atoms with Crippen LogP contribution in [0.3, 0.4) is 0 Å². The van der Waals surface area contributed by atoms with E-state index >= 15 is 0 Å². The highest BCUT2D eigenvalue weighted by molar-refractivity contribution is 7.92. The molecule has 128 valence electrons. The summed E-state index contributed by atoms with van der Waals surface area (Å²) in [6.45, 7) is 3.44. The Morgan fingerprint density at radius 2 is 1.83 bits per heavy atom. The number of hydrogen-bond acceptors (Lipinski definition) is 5. The number of anilines is 2. The molecule has 0 bridgehead atoms. The summed E-state index contributed by atoms with van der Waals surface area (Å²) < 4.78 is 27.2. The molecule has 1 heterocycles. The van der Waals surface area contributed by atoms with Gasteiger partial charge in [0, 0.05) is 29.7 Å². The monoisotopic (exact) mass is 368 g/mol. The summed E-state index contributed by atoms with van der Waals surface area (Å²) in [5.41, 5.74) is 1.16. The number of nitrogens with zero attached hydrogens (tertiary/aromatic N) is 2. The molecule has 0 aliphatic carbocycles. The first-order valence-corrected chi connectivity index (χ1v) is 9.13. The lowest BCUT2D eigenvalue weighted by Crippen LogP contribution is -2.15. The molecule has 0 aliphatic heterocycles. The number of alkyl halides is 1. The predicted molar refractivity (Wildman–Crippen MR) is 92.7 cm³/mol. The fourth-order valence-corrected chi connectivity index (χ4v) is 3.16. The number of amides is 1. The van der Waals surface area contributed by atoms with Crippen molar-refractivity contribution < 1.29 is 13.2 Å². The van der Waals surface area contributed by atoms with Crippen LogP contribution >= 0.6 is 11.6 Å². The number of benzene rings is 1. The van der Waals surface area contributed by atoms with Crippen molar-refractivity contribution in [2.75, 3.05) is 15.9 Å². The quantitative estimate of drug-likeness (QED) is 0.762. The van der Waals surface area contributed by atoms with Gasteiger partial charge in [0.1, 0.15) is 11.6 Å². The van der Waals surface area contributed by atoms with Gasteiger partial charge < -0.3 is 5.32 Å². The van der Waals surface area contributed by atoms with Gasteiger partial charge in [0.25, 0.3) is 10.0 Å². The molecule has 0 spiro atoms. The van der Waals surface area contributed by atoms with Crippen LogP contribution in [0.5, 0.6) is 0 Å². The molecule has 0 radical (unpaired) electrons. The SMILES string of the molecule is Cc1cc(NS(=O)(=O)c2ccc(NC(=O)CCCl)cc2)nc(C)n1. The molecule has 0 saturated heterocycles. The van der Waals surface area contributed by atoms with Crippen molar-refractivity contribution >= 4 is 39.0 Å². The van der Waals surface area contributed by atoms with Gasteiger partial charge in [0.2, 0.25) is 5.91 Å². The van der Waals surface area contributed by atoms with Gasteiger partial charge in [0.05, 0.1) is 4.90 Å². The zero-order chi connectivity index (χ0) is 17.7. The van der Waals surface area contributed by atoms with Gasteiger partial charge in [-0.2, -0.15) is 0 Å². The fourth-order valence-electron chi connectivity index (χ4n) is 1.99. The highest BCUT2D eigenvalue weighted by Crippen LogP contribution is 2.18. The number of aromatic nitrogens is 2. The van der Waals surface area contributed by atoms with Gasteiger partial charge in [0.15, 0.2) is 0 Å². The maximum Gasteiger partial charge on any atom is 0.263 e. The van der Waals surface area contributed by atoms with Crippen LogP contribution in [0.25, 0.3) is 0 Å². The minimum absolute atomic E-state index is 0.0618. The number of carbonyl (C=O) groups is 1. The molecule has 9 heteroatoms. The molecule has 0 saturated carbocycles. The largest absolute Gasteiger partial charge is 0.326 e. The average molecular weight is 369 g/mol. The highest BCUT2D eigenvalue weighted by atomic mass is 35.5. The number of halogens is 1. The van der Waals surface area contributed by atoms with E-state index in [4.69, 9.17) is 11.6 Å². The Bertz CT molecular complexity index is 818. The van der Waals surface area contributed by atoms with Gasteiger partial charge in [-0.1, -0.05) is 0 Å². The summed E-state index contributed by atoms with van der Waals surface area (Å²) >= 11 is 5.49. The van der Waals surface area contributed by atoms with Crippen molar-refractivity contribution in [1.82, 2.24) is 9.97 Å². The minimum atomic E-state index is -3.78. The molecule has 2 N–H and O–H groups in total. The molecule has 7 nitrogen and oxygen atoms in total. The lowest BCUT2D eigenvalue weighted by atomic mass is 10.3. The van der Waals surface area contributed by atoms with E-state index in [2.05, 4.69) is 20.0 Å². The van der Waals surface area contributed by atoms with Crippen LogP contribution in [0.1, 0.15) is 17.9 Å². The molecular weight excluding hydrogens is 352 g/mol. The molecular formula is C15H17ClN4O3S. The zero-order valence-electron chi connectivity index (χ0n) is 13.2. The smallest absolute Gasteiger partial charge is 0.263 e. The molecule has 0 aliphatic rings. The summed E-state index contributed by atoms with van der Waals surface area (Å²) in [7, 11) is -3.78. The molecule has 0 unspecified atom stereocenters. The number of carbonyl (C=O) groups excluding carboxylic acids is 1. The van der Waals surface area contributed by atoms with Crippen molar-refractivity contribution in [3.05, 3.63) is 41.9 Å². The van der Waals surface area contributed by atoms with Crippen molar-refractivity contribution in [1.29, 1.82) is 0 Å². The summed E-state index contributed by atoms with van der Waals surface area (Å²) in [6.07, 6.45) is 0.190. The van der Waals surface area contributed by atoms with Gasteiger partial charge in [-0.15, -0.1) is 11.6 Å². The summed E-state index contributed by atoms with van der Waals surface area (Å²) in [5, 5.41) is 2.63. The molecule has 1 aromatic carbocycles. The third-order valence-electron chi connectivity index (χ3n) is 2.97. The van der Waals surface area contributed by atoms with E-state index in [0.29, 0.717) is 17.2 Å². The Balaban J connectivity index is 2.16. The van der Waals surface area contributed by atoms with Crippen LogP contribution in [0.2, 0.25) is 0 Å². The second-order valence-corrected chi connectivity index (χ2v) is 7.12. The second-order valence-electron chi connectivity index (χ2n) is 5.06. The minimum Gasteiger partial charge on any atom is -0.326 e. The van der Waals surface area contributed by atoms with Gasteiger partial charge in [-0.3, -0.25) is 9.52 Å². The second kappa shape index (κ2) is 7.59. The van der Waals surface area contributed by atoms with Crippen molar-refractivity contribution in [2.45, 2.75) is 25.2 Å². The van der Waals surface area contributed by atoms with E-state index in [-0.39, 0.29) is 28.9 Å². The van der Waals surface area contributed by atoms with E-state index in [1.54, 1.807) is 19.9 Å². The number of hydrogen-bond donors (Lipinski definition) is 2. The van der Waals surface area contributed by atoms with Crippen LogP contribution in [-0.4, -0.2) is 30.2 Å². The molecule has 2 aromatic rings. The van der Waals surface area contributed by atoms with Crippen LogP contribution in [-0.2, 0) is 14.8 Å². The van der Waals surface area contributed by atoms with Crippen LogP contribution in [0, 0.1) is 13.8 Å². The first-order valence-electron chi connectivity index (χ1n) is 7.11. The third kappa shape index (κ3) is 4.90. The maximum absolute atomic E-state index is 12.4. The number of rotatable bonds is 6. The number of sulfonamides is 1. The predicted octanol–water partition coefficient (Wildman–Crippen LogP) is 2.46. The number of nitrogens with one attached hydrogen (secondary N) is 2. The third-order valence-corrected chi connectivity index (χ3v) is 4.53. The standard InChI is InChI=1S/C15H17ClN4O3S/c1-10-9-14(18-11(2)17-10)20-24(22,23)13-5-3-12(4-6-13)19-15(21)7-8-16/h3-6,9H,7-8H2,1-2H3,(H,19,21)(H,17,18,20). The molecule has 2 rings (SSSR count). The van der Waals surface area contributed by atoms with Crippen molar-refractivity contribution in [2.24, 2.45) is 0 Å². The lowest BCUT2D eigenvalue weighted by molar-refractivity contribution is -0.115. The lowest BCUT2D eigenvalue weighted by Gasteiger charge is -2.09. The first kappa shape index (κ1) is 18.2. The average Bonchev–Trinajstić information content (AvgIpc) is 2.46. The normalized spacial score (nSPS) is 11.1. The zero-order valence-corrected chi connectivity index (χ0v) is 14.8. The van der Waals surface area contributed by atoms with E-state index in [9.17, 15) is 13.2 Å². The summed E-state index contributed by atoms with van der Waals surface area (Å²) in [5.74, 6) is 0.676. The maximum atomic E-state index is 12.4. The first-order chi connectivity index (χ1) is 11.3. The molecule has 1 amide bonds. The van der Waals surface area contributed by atoms with E-state index in [1.807, 2.05) is 0 Å².